The summed E-state index contributed by atoms with van der Waals surface area (Å²) in [5.41, 5.74) is 3.49. The molecule has 0 radical (unpaired) electrons. The van der Waals surface area contributed by atoms with Gasteiger partial charge in [-0.15, -0.1) is 0 Å². The second kappa shape index (κ2) is 8.43. The fourth-order valence-electron chi connectivity index (χ4n) is 3.70. The van der Waals surface area contributed by atoms with Gasteiger partial charge in [0, 0.05) is 31.7 Å². The molecule has 1 aliphatic rings. The number of nitrogens with one attached hydrogen (secondary N) is 2. The van der Waals surface area contributed by atoms with E-state index in [1.165, 1.54) is 18.4 Å². The molecule has 29 heavy (non-hydrogen) atoms. The van der Waals surface area contributed by atoms with E-state index in [0.717, 1.165) is 42.2 Å². The standard InChI is InChI=1S/C20H27N3O4S2/c1-23(2)29(26,27)22-20-9-5-8-19(20)16-12-10-15(11-13-16)17-6-4-7-18(14-17)21-28(3,24)25/h4,6-7,10-14,19-22H,5,8-9H2,1-3H3/t19-,20-/m1/s1. The van der Waals surface area contributed by atoms with Gasteiger partial charge in [-0.25, -0.2) is 8.42 Å². The van der Waals surface area contributed by atoms with Gasteiger partial charge in [-0.1, -0.05) is 42.8 Å². The van der Waals surface area contributed by atoms with Crippen LogP contribution in [0.15, 0.2) is 48.5 Å². The van der Waals surface area contributed by atoms with Crippen molar-refractivity contribution in [3.63, 3.8) is 0 Å². The van der Waals surface area contributed by atoms with E-state index in [1.54, 1.807) is 18.2 Å². The monoisotopic (exact) mass is 437 g/mol. The quantitative estimate of drug-likeness (QED) is 0.696. The Labute approximate surface area is 173 Å². The zero-order valence-corrected chi connectivity index (χ0v) is 18.4. The topological polar surface area (TPSA) is 95.6 Å². The van der Waals surface area contributed by atoms with E-state index >= 15 is 0 Å². The highest BCUT2D eigenvalue weighted by Gasteiger charge is 2.32. The highest BCUT2D eigenvalue weighted by Crippen LogP contribution is 2.36. The van der Waals surface area contributed by atoms with E-state index in [4.69, 9.17) is 0 Å². The van der Waals surface area contributed by atoms with Crippen molar-refractivity contribution in [3.05, 3.63) is 54.1 Å². The zero-order chi connectivity index (χ0) is 21.2. The van der Waals surface area contributed by atoms with Gasteiger partial charge in [0.2, 0.25) is 10.0 Å². The summed E-state index contributed by atoms with van der Waals surface area (Å²) in [6.45, 7) is 0. The summed E-state index contributed by atoms with van der Waals surface area (Å²) in [6.07, 6.45) is 3.86. The van der Waals surface area contributed by atoms with Gasteiger partial charge in [-0.3, -0.25) is 4.72 Å². The first kappa shape index (κ1) is 21.8. The third kappa shape index (κ3) is 5.57. The maximum absolute atomic E-state index is 12.2. The normalized spacial score (nSPS) is 20.1. The molecule has 2 aromatic carbocycles. The highest BCUT2D eigenvalue weighted by molar-refractivity contribution is 7.92. The predicted octanol–water partition coefficient (Wildman–Crippen LogP) is 2.76. The number of sulfonamides is 1. The summed E-state index contributed by atoms with van der Waals surface area (Å²) in [5, 5.41) is 0. The Morgan fingerprint density at radius 3 is 2.24 bits per heavy atom. The lowest BCUT2D eigenvalue weighted by molar-refractivity contribution is 0.474. The van der Waals surface area contributed by atoms with Gasteiger partial charge in [-0.05, 0) is 41.7 Å². The molecule has 0 bridgehead atoms. The van der Waals surface area contributed by atoms with Crippen molar-refractivity contribution in [1.29, 1.82) is 0 Å². The van der Waals surface area contributed by atoms with Gasteiger partial charge >= 0.3 is 0 Å². The second-order valence-corrected chi connectivity index (χ2v) is 11.3. The molecule has 0 heterocycles. The van der Waals surface area contributed by atoms with E-state index in [9.17, 15) is 16.8 Å². The molecule has 9 heteroatoms. The predicted molar refractivity (Wildman–Crippen MR) is 116 cm³/mol. The molecular weight excluding hydrogens is 410 g/mol. The Morgan fingerprint density at radius 2 is 1.62 bits per heavy atom. The Morgan fingerprint density at radius 1 is 0.931 bits per heavy atom. The number of anilines is 1. The minimum atomic E-state index is -3.47. The number of nitrogens with zero attached hydrogens (tertiary/aromatic N) is 1. The van der Waals surface area contributed by atoms with Crippen LogP contribution in [0.25, 0.3) is 11.1 Å². The second-order valence-electron chi connectivity index (χ2n) is 7.63. The molecule has 0 spiro atoms. The first-order chi connectivity index (χ1) is 13.5. The summed E-state index contributed by atoms with van der Waals surface area (Å²) in [7, 11) is -3.75. The summed E-state index contributed by atoms with van der Waals surface area (Å²) in [5.74, 6) is 0.136. The van der Waals surface area contributed by atoms with E-state index < -0.39 is 20.2 Å². The van der Waals surface area contributed by atoms with Crippen molar-refractivity contribution in [1.82, 2.24) is 9.03 Å². The van der Waals surface area contributed by atoms with Crippen LogP contribution < -0.4 is 9.44 Å². The molecular formula is C20H27N3O4S2. The van der Waals surface area contributed by atoms with Crippen LogP contribution in [0.3, 0.4) is 0 Å². The van der Waals surface area contributed by atoms with Crippen molar-refractivity contribution in [2.24, 2.45) is 0 Å². The van der Waals surface area contributed by atoms with E-state index in [1.807, 2.05) is 30.3 Å². The molecule has 2 atom stereocenters. The van der Waals surface area contributed by atoms with Crippen LogP contribution in [0.4, 0.5) is 5.69 Å². The first-order valence-electron chi connectivity index (χ1n) is 9.43. The van der Waals surface area contributed by atoms with Crippen LogP contribution in [0.1, 0.15) is 30.7 Å². The van der Waals surface area contributed by atoms with Crippen LogP contribution in [-0.2, 0) is 20.2 Å². The molecule has 1 aliphatic carbocycles. The molecule has 0 aliphatic heterocycles. The summed E-state index contributed by atoms with van der Waals surface area (Å²) in [4.78, 5) is 0. The van der Waals surface area contributed by atoms with Crippen LogP contribution in [0.5, 0.6) is 0 Å². The molecule has 158 valence electrons. The number of benzene rings is 2. The lowest BCUT2D eigenvalue weighted by atomic mass is 9.93. The largest absolute Gasteiger partial charge is 0.284 e. The third-order valence-electron chi connectivity index (χ3n) is 5.13. The number of hydrogen-bond acceptors (Lipinski definition) is 4. The van der Waals surface area contributed by atoms with Crippen molar-refractivity contribution < 1.29 is 16.8 Å². The Hall–Kier alpha value is -1.94. The average Bonchev–Trinajstić information content (AvgIpc) is 3.08. The molecule has 1 saturated carbocycles. The molecule has 3 rings (SSSR count). The zero-order valence-electron chi connectivity index (χ0n) is 16.8. The highest BCUT2D eigenvalue weighted by atomic mass is 32.2. The summed E-state index contributed by atoms with van der Waals surface area (Å²) in [6, 6.07) is 15.1. The fraction of sp³-hybridized carbons (Fsp3) is 0.400. The lowest BCUT2D eigenvalue weighted by Crippen LogP contribution is -2.43. The molecule has 0 amide bonds. The Bertz CT molecular complexity index is 1070. The summed E-state index contributed by atoms with van der Waals surface area (Å²) >= 11 is 0. The Balaban J connectivity index is 1.79. The molecule has 0 unspecified atom stereocenters. The molecule has 0 saturated heterocycles. The van der Waals surface area contributed by atoms with Crippen molar-refractivity contribution >= 4 is 25.9 Å². The van der Waals surface area contributed by atoms with Gasteiger partial charge in [0.1, 0.15) is 0 Å². The van der Waals surface area contributed by atoms with E-state index in [-0.39, 0.29) is 12.0 Å². The smallest absolute Gasteiger partial charge is 0.279 e. The average molecular weight is 438 g/mol. The molecule has 0 aromatic heterocycles. The van der Waals surface area contributed by atoms with Crippen LogP contribution in [0, 0.1) is 0 Å². The number of hydrogen-bond donors (Lipinski definition) is 2. The summed E-state index contributed by atoms with van der Waals surface area (Å²) < 4.78 is 53.8. The SMILES string of the molecule is CN(C)S(=O)(=O)N[C@@H]1CCC[C@@H]1c1ccc(-c2cccc(NS(C)(=O)=O)c2)cc1. The van der Waals surface area contributed by atoms with E-state index in [2.05, 4.69) is 9.44 Å². The van der Waals surface area contributed by atoms with Gasteiger partial charge in [0.15, 0.2) is 0 Å². The van der Waals surface area contributed by atoms with Crippen molar-refractivity contribution in [3.8, 4) is 11.1 Å². The maximum Gasteiger partial charge on any atom is 0.279 e. The van der Waals surface area contributed by atoms with Crippen LogP contribution in [0.2, 0.25) is 0 Å². The van der Waals surface area contributed by atoms with Gasteiger partial charge in [-0.2, -0.15) is 17.4 Å². The van der Waals surface area contributed by atoms with E-state index in [0.29, 0.717) is 5.69 Å². The minimum Gasteiger partial charge on any atom is -0.284 e. The van der Waals surface area contributed by atoms with Crippen LogP contribution >= 0.6 is 0 Å². The first-order valence-corrected chi connectivity index (χ1v) is 12.8. The molecule has 2 aromatic rings. The minimum absolute atomic E-state index is 0.115. The maximum atomic E-state index is 12.2. The van der Waals surface area contributed by atoms with Gasteiger partial charge in [0.05, 0.1) is 6.26 Å². The Kier molecular flexibility index (Phi) is 6.33. The lowest BCUT2D eigenvalue weighted by Gasteiger charge is -2.23. The van der Waals surface area contributed by atoms with Crippen LogP contribution in [-0.4, -0.2) is 47.5 Å². The molecule has 7 nitrogen and oxygen atoms in total. The molecule has 2 N–H and O–H groups in total. The molecule has 1 fully saturated rings. The fourth-order valence-corrected chi connectivity index (χ4v) is 5.13. The van der Waals surface area contributed by atoms with Gasteiger partial charge in [0.25, 0.3) is 10.2 Å². The van der Waals surface area contributed by atoms with Crippen molar-refractivity contribution in [2.75, 3.05) is 25.1 Å². The van der Waals surface area contributed by atoms with Gasteiger partial charge < -0.3 is 0 Å². The number of rotatable bonds is 7. The van der Waals surface area contributed by atoms with Crippen molar-refractivity contribution in [2.45, 2.75) is 31.2 Å². The third-order valence-corrected chi connectivity index (χ3v) is 7.30.